The van der Waals surface area contributed by atoms with Gasteiger partial charge < -0.3 is 9.80 Å². The van der Waals surface area contributed by atoms with Crippen LogP contribution < -0.4 is 9.80 Å². The van der Waals surface area contributed by atoms with Crippen molar-refractivity contribution in [1.82, 2.24) is 14.8 Å². The zero-order valence-electron chi connectivity index (χ0n) is 29.1. The number of anilines is 6. The molecule has 1 aliphatic carbocycles. The van der Waals surface area contributed by atoms with E-state index >= 15 is 0 Å². The van der Waals surface area contributed by atoms with E-state index in [0.29, 0.717) is 5.82 Å². The highest BCUT2D eigenvalue weighted by atomic mass is 15.4. The van der Waals surface area contributed by atoms with Gasteiger partial charge in [0, 0.05) is 45.1 Å². The summed E-state index contributed by atoms with van der Waals surface area (Å²) in [5, 5.41) is 5.17. The zero-order valence-corrected chi connectivity index (χ0v) is 29.1. The highest BCUT2D eigenvalue weighted by molar-refractivity contribution is 6.01. The van der Waals surface area contributed by atoms with Crippen LogP contribution in [0.2, 0.25) is 0 Å². The van der Waals surface area contributed by atoms with Crippen LogP contribution in [-0.2, 0) is 0 Å². The molecule has 0 amide bonds. The van der Waals surface area contributed by atoms with Crippen LogP contribution in [0, 0.1) is 0 Å². The van der Waals surface area contributed by atoms with Gasteiger partial charge >= 0.3 is 0 Å². The summed E-state index contributed by atoms with van der Waals surface area (Å²) in [5.41, 5.74) is 15.2. The van der Waals surface area contributed by atoms with E-state index in [1.165, 1.54) is 0 Å². The molecule has 6 aromatic carbocycles. The van der Waals surface area contributed by atoms with Crippen molar-refractivity contribution >= 4 is 45.3 Å². The molecule has 2 aliphatic heterocycles. The summed E-state index contributed by atoms with van der Waals surface area (Å²) >= 11 is 0. The number of nitrogens with zero attached hydrogens (tertiary/aromatic N) is 5. The molecule has 3 aliphatic rings. The molecule has 0 fully saturated rings. The summed E-state index contributed by atoms with van der Waals surface area (Å²) in [5.74, 6) is 1.73. The Bertz CT molecular complexity index is 2540. The van der Waals surface area contributed by atoms with Crippen LogP contribution in [0.1, 0.15) is 40.4 Å². The first-order chi connectivity index (χ1) is 26.1. The van der Waals surface area contributed by atoms with E-state index in [0.717, 1.165) is 91.0 Å². The van der Waals surface area contributed by atoms with Crippen molar-refractivity contribution in [2.75, 3.05) is 9.80 Å². The van der Waals surface area contributed by atoms with Crippen molar-refractivity contribution in [3.63, 3.8) is 0 Å². The number of aromatic nitrogens is 3. The molecular formula is C48H35N5. The summed E-state index contributed by atoms with van der Waals surface area (Å²) in [6, 6.07) is 51.2. The van der Waals surface area contributed by atoms with Crippen molar-refractivity contribution in [3.05, 3.63) is 211 Å². The molecule has 0 N–H and O–H groups in total. The smallest absolute Gasteiger partial charge is 0.181 e. The number of fused-ring (bicyclic) bond motifs is 4. The molecule has 0 saturated carbocycles. The van der Waals surface area contributed by atoms with Crippen LogP contribution in [0.25, 0.3) is 28.2 Å². The Labute approximate surface area is 309 Å². The third kappa shape index (κ3) is 5.01. The van der Waals surface area contributed by atoms with Gasteiger partial charge in [0.15, 0.2) is 5.82 Å². The fourth-order valence-electron chi connectivity index (χ4n) is 7.95. The van der Waals surface area contributed by atoms with Crippen LogP contribution in [0.4, 0.5) is 34.1 Å². The lowest BCUT2D eigenvalue weighted by Gasteiger charge is -2.34. The highest BCUT2D eigenvalue weighted by Crippen LogP contribution is 2.49. The topological polar surface area (TPSA) is 37.2 Å². The van der Waals surface area contributed by atoms with Gasteiger partial charge in [0.25, 0.3) is 0 Å². The first-order valence-corrected chi connectivity index (χ1v) is 18.0. The molecule has 3 heterocycles. The molecule has 7 aromatic rings. The van der Waals surface area contributed by atoms with Gasteiger partial charge in [-0.05, 0) is 90.4 Å². The number of hydrogen-bond acceptors (Lipinski definition) is 4. The lowest BCUT2D eigenvalue weighted by atomic mass is 9.91. The van der Waals surface area contributed by atoms with Crippen molar-refractivity contribution in [2.24, 2.45) is 0 Å². The molecule has 0 spiro atoms. The molecule has 10 rings (SSSR count). The number of hydrogen-bond donors (Lipinski definition) is 0. The molecule has 252 valence electrons. The van der Waals surface area contributed by atoms with Crippen molar-refractivity contribution in [2.45, 2.75) is 12.3 Å². The second kappa shape index (κ2) is 12.4. The number of para-hydroxylation sites is 4. The molecule has 0 radical (unpaired) electrons. The molecule has 1 aromatic heterocycles. The van der Waals surface area contributed by atoms with Crippen LogP contribution in [0.3, 0.4) is 0 Å². The molecule has 0 saturated heterocycles. The maximum Gasteiger partial charge on any atom is 0.181 e. The molecule has 5 nitrogen and oxygen atoms in total. The van der Waals surface area contributed by atoms with E-state index in [1.54, 1.807) is 0 Å². The minimum absolute atomic E-state index is 0.113. The average molecular weight is 682 g/mol. The summed E-state index contributed by atoms with van der Waals surface area (Å²) in [6.07, 6.45) is 9.49. The van der Waals surface area contributed by atoms with E-state index in [9.17, 15) is 0 Å². The van der Waals surface area contributed by atoms with Crippen molar-refractivity contribution < 1.29 is 0 Å². The van der Waals surface area contributed by atoms with E-state index in [4.69, 9.17) is 10.1 Å². The zero-order chi connectivity index (χ0) is 35.5. The van der Waals surface area contributed by atoms with Crippen molar-refractivity contribution in [3.8, 4) is 17.1 Å². The summed E-state index contributed by atoms with van der Waals surface area (Å²) in [4.78, 5) is 9.84. The maximum absolute atomic E-state index is 5.21. The van der Waals surface area contributed by atoms with Gasteiger partial charge in [-0.15, -0.1) is 5.10 Å². The third-order valence-corrected chi connectivity index (χ3v) is 10.6. The average Bonchev–Trinajstić information content (AvgIpc) is 3.68. The minimum atomic E-state index is 0.113. The maximum atomic E-state index is 5.21. The third-order valence-electron chi connectivity index (χ3n) is 10.6. The lowest BCUT2D eigenvalue weighted by Crippen LogP contribution is -2.17. The Morgan fingerprint density at radius 2 is 0.925 bits per heavy atom. The molecule has 53 heavy (non-hydrogen) atoms. The van der Waals surface area contributed by atoms with Crippen LogP contribution >= 0.6 is 0 Å². The first-order valence-electron chi connectivity index (χ1n) is 18.0. The number of rotatable bonds is 5. The lowest BCUT2D eigenvalue weighted by molar-refractivity contribution is 0.715. The van der Waals surface area contributed by atoms with Gasteiger partial charge in [-0.3, -0.25) is 0 Å². The van der Waals surface area contributed by atoms with Gasteiger partial charge in [0.2, 0.25) is 0 Å². The van der Waals surface area contributed by atoms with Crippen LogP contribution in [-0.4, -0.2) is 14.8 Å². The van der Waals surface area contributed by atoms with Crippen LogP contribution in [0.15, 0.2) is 183 Å². The molecule has 1 unspecified atom stereocenters. The summed E-state index contributed by atoms with van der Waals surface area (Å²) in [6.45, 7) is 8.89. The van der Waals surface area contributed by atoms with Gasteiger partial charge in [-0.25, -0.2) is 9.67 Å². The van der Waals surface area contributed by atoms with Crippen molar-refractivity contribution in [1.29, 1.82) is 0 Å². The quantitative estimate of drug-likeness (QED) is 0.181. The predicted molar refractivity (Wildman–Crippen MR) is 218 cm³/mol. The van der Waals surface area contributed by atoms with E-state index < -0.39 is 0 Å². The Hall–Kier alpha value is -6.98. The SMILES string of the molecule is C=C1c2ccccc2N(c2ccc(-c3nc(C4C=CC=CC4)n(-c4ccc(N5c6ccccc6C(=C)c6ccccc65)cc4)n3)cc2)c2ccccc21. The predicted octanol–water partition coefficient (Wildman–Crippen LogP) is 12.2. The fourth-order valence-corrected chi connectivity index (χ4v) is 7.95. The largest absolute Gasteiger partial charge is 0.309 e. The van der Waals surface area contributed by atoms with E-state index in [-0.39, 0.29) is 5.92 Å². The van der Waals surface area contributed by atoms with Gasteiger partial charge in [-0.2, -0.15) is 0 Å². The Kier molecular flexibility index (Phi) is 7.18. The Balaban J connectivity index is 1.02. The number of benzene rings is 6. The molecule has 0 bridgehead atoms. The van der Waals surface area contributed by atoms with Crippen LogP contribution in [0.5, 0.6) is 0 Å². The van der Waals surface area contributed by atoms with E-state index in [1.807, 2.05) is 4.68 Å². The normalized spacial score (nSPS) is 15.5. The standard InChI is InChI=1S/C48H35N5/c1-32-39-16-6-10-20-43(39)51(44-21-11-7-17-40(32)44)36-26-24-34(25-27-36)47-49-48(35-14-4-3-5-15-35)53(50-47)38-30-28-37(29-31-38)52-45-22-12-8-18-41(45)33(2)42-19-9-13-23-46(42)52/h3-14,16-31,35H,1-2,15H2. The molecule has 1 atom stereocenters. The minimum Gasteiger partial charge on any atom is -0.309 e. The molecule has 5 heteroatoms. The fraction of sp³-hybridized carbons (Fsp3) is 0.0417. The van der Waals surface area contributed by atoms with Gasteiger partial charge in [0.1, 0.15) is 5.82 Å². The molecular weight excluding hydrogens is 647 g/mol. The van der Waals surface area contributed by atoms with E-state index in [2.05, 4.69) is 193 Å². The first kappa shape index (κ1) is 30.8. The van der Waals surface area contributed by atoms with Gasteiger partial charge in [0.05, 0.1) is 28.4 Å². The van der Waals surface area contributed by atoms with Gasteiger partial charge in [-0.1, -0.05) is 110 Å². The second-order valence-corrected chi connectivity index (χ2v) is 13.6. The second-order valence-electron chi connectivity index (χ2n) is 13.6. The Morgan fingerprint density at radius 1 is 0.491 bits per heavy atom. The number of allylic oxidation sites excluding steroid dienone is 4. The monoisotopic (exact) mass is 681 g/mol. The Morgan fingerprint density at radius 3 is 1.38 bits per heavy atom. The summed E-state index contributed by atoms with van der Waals surface area (Å²) in [7, 11) is 0. The summed E-state index contributed by atoms with van der Waals surface area (Å²) < 4.78 is 2.02. The highest BCUT2D eigenvalue weighted by Gasteiger charge is 2.28.